The van der Waals surface area contributed by atoms with Crippen LogP contribution in [0.5, 0.6) is 0 Å². The lowest BCUT2D eigenvalue weighted by Crippen LogP contribution is -2.02. The molecule has 0 saturated carbocycles. The highest BCUT2D eigenvalue weighted by molar-refractivity contribution is 6.36. The fourth-order valence-corrected chi connectivity index (χ4v) is 1.13. The third-order valence-corrected chi connectivity index (χ3v) is 2.33. The third kappa shape index (κ3) is 3.29. The molecule has 13 heavy (non-hydrogen) atoms. The zero-order valence-corrected chi connectivity index (χ0v) is 8.86. The molecule has 1 N–H and O–H groups in total. The Kier molecular flexibility index (Phi) is 4.13. The molecule has 0 unspecified atom stereocenters. The summed E-state index contributed by atoms with van der Waals surface area (Å²) >= 11 is 11.2. The summed E-state index contributed by atoms with van der Waals surface area (Å²) in [6, 6.07) is 8.03. The molecule has 0 heterocycles. The van der Waals surface area contributed by atoms with E-state index in [4.69, 9.17) is 23.2 Å². The maximum Gasteiger partial charge on any atom is 0.0516 e. The van der Waals surface area contributed by atoms with E-state index in [1.807, 2.05) is 31.2 Å². The van der Waals surface area contributed by atoms with Crippen LogP contribution in [0.25, 0.3) is 0 Å². The molecule has 1 rings (SSSR count). The largest absolute Gasteiger partial charge is 0.380 e. The molecule has 3 heteroatoms. The Morgan fingerprint density at radius 1 is 1.46 bits per heavy atom. The number of rotatable bonds is 3. The molecule has 0 bridgehead atoms. The van der Waals surface area contributed by atoms with Gasteiger partial charge in [-0.05, 0) is 18.6 Å². The molecule has 0 amide bonds. The van der Waals surface area contributed by atoms with Crippen LogP contribution >= 0.6 is 23.2 Å². The number of aryl methyl sites for hydroxylation is 1. The predicted molar refractivity (Wildman–Crippen MR) is 59.5 cm³/mol. The van der Waals surface area contributed by atoms with Crippen molar-refractivity contribution < 1.29 is 0 Å². The van der Waals surface area contributed by atoms with E-state index in [0.29, 0.717) is 11.6 Å². The average Bonchev–Trinajstić information content (AvgIpc) is 2.16. The van der Waals surface area contributed by atoms with Gasteiger partial charge in [0, 0.05) is 16.3 Å². The Bertz CT molecular complexity index is 308. The molecular weight excluding hydrogens is 205 g/mol. The van der Waals surface area contributed by atoms with Crippen molar-refractivity contribution in [3.8, 4) is 0 Å². The van der Waals surface area contributed by atoms with Crippen LogP contribution in [0.15, 0.2) is 34.8 Å². The predicted octanol–water partition coefficient (Wildman–Crippen LogP) is 3.73. The van der Waals surface area contributed by atoms with Gasteiger partial charge >= 0.3 is 0 Å². The van der Waals surface area contributed by atoms with Crippen LogP contribution in [0.4, 0.5) is 5.69 Å². The van der Waals surface area contributed by atoms with Gasteiger partial charge in [0.15, 0.2) is 0 Å². The average molecular weight is 216 g/mol. The Hall–Kier alpha value is -0.660. The number of benzene rings is 1. The zero-order valence-electron chi connectivity index (χ0n) is 7.35. The molecule has 0 aliphatic carbocycles. The number of nitrogens with one attached hydrogen (secondary N) is 1. The molecule has 70 valence electrons. The van der Waals surface area contributed by atoms with Crippen LogP contribution in [-0.2, 0) is 0 Å². The summed E-state index contributed by atoms with van der Waals surface area (Å²) < 4.78 is 0. The fourth-order valence-electron chi connectivity index (χ4n) is 0.989. The second-order valence-corrected chi connectivity index (χ2v) is 3.43. The molecule has 0 aliphatic heterocycles. The first-order chi connectivity index (χ1) is 6.24. The van der Waals surface area contributed by atoms with E-state index in [9.17, 15) is 0 Å². The third-order valence-electron chi connectivity index (χ3n) is 1.71. The van der Waals surface area contributed by atoms with Gasteiger partial charge in [-0.25, -0.2) is 0 Å². The first-order valence-corrected chi connectivity index (χ1v) is 4.79. The highest BCUT2D eigenvalue weighted by atomic mass is 35.5. The minimum atomic E-state index is 0.565. The van der Waals surface area contributed by atoms with Gasteiger partial charge in [0.05, 0.1) is 6.54 Å². The van der Waals surface area contributed by atoms with Crippen molar-refractivity contribution >= 4 is 28.9 Å². The minimum Gasteiger partial charge on any atom is -0.380 e. The number of anilines is 1. The molecule has 1 aromatic rings. The van der Waals surface area contributed by atoms with E-state index in [2.05, 4.69) is 5.32 Å². The fraction of sp³-hybridized carbons (Fsp3) is 0.200. The van der Waals surface area contributed by atoms with E-state index in [-0.39, 0.29) is 0 Å². The summed E-state index contributed by atoms with van der Waals surface area (Å²) in [6.07, 6.45) is 0. The van der Waals surface area contributed by atoms with Crippen LogP contribution in [0.3, 0.4) is 0 Å². The SMILES string of the molecule is Cc1ccccc1NC/C(Cl)=C/Cl. The van der Waals surface area contributed by atoms with Crippen LogP contribution in [-0.4, -0.2) is 6.54 Å². The van der Waals surface area contributed by atoms with E-state index in [0.717, 1.165) is 5.69 Å². The number of para-hydroxylation sites is 1. The van der Waals surface area contributed by atoms with E-state index >= 15 is 0 Å². The summed E-state index contributed by atoms with van der Waals surface area (Å²) in [5.74, 6) is 0. The first kappa shape index (κ1) is 10.4. The Balaban J connectivity index is 2.60. The van der Waals surface area contributed by atoms with E-state index in [1.54, 1.807) is 0 Å². The standard InChI is InChI=1S/C10H11Cl2N/c1-8-4-2-3-5-10(8)13-7-9(12)6-11/h2-6,13H,7H2,1H3/b9-6-. The zero-order chi connectivity index (χ0) is 9.68. The number of hydrogen-bond donors (Lipinski definition) is 1. The monoisotopic (exact) mass is 215 g/mol. The van der Waals surface area contributed by atoms with Crippen molar-refractivity contribution in [3.63, 3.8) is 0 Å². The van der Waals surface area contributed by atoms with Gasteiger partial charge in [-0.1, -0.05) is 41.4 Å². The summed E-state index contributed by atoms with van der Waals surface area (Å²) in [5.41, 5.74) is 3.65. The van der Waals surface area contributed by atoms with Gasteiger partial charge < -0.3 is 5.32 Å². The van der Waals surface area contributed by atoms with Crippen LogP contribution < -0.4 is 5.32 Å². The Morgan fingerprint density at radius 3 is 2.77 bits per heavy atom. The van der Waals surface area contributed by atoms with E-state index in [1.165, 1.54) is 11.1 Å². The Morgan fingerprint density at radius 2 is 2.15 bits per heavy atom. The molecule has 0 atom stereocenters. The smallest absolute Gasteiger partial charge is 0.0516 e. The van der Waals surface area contributed by atoms with E-state index < -0.39 is 0 Å². The lowest BCUT2D eigenvalue weighted by Gasteiger charge is -2.07. The molecular formula is C10H11Cl2N. The van der Waals surface area contributed by atoms with Crippen LogP contribution in [0.1, 0.15) is 5.56 Å². The first-order valence-electron chi connectivity index (χ1n) is 3.98. The molecule has 1 nitrogen and oxygen atoms in total. The summed E-state index contributed by atoms with van der Waals surface area (Å²) in [7, 11) is 0. The van der Waals surface area contributed by atoms with Gasteiger partial charge in [0.25, 0.3) is 0 Å². The summed E-state index contributed by atoms with van der Waals surface area (Å²) in [5, 5.41) is 3.78. The van der Waals surface area contributed by atoms with Crippen molar-refractivity contribution in [2.24, 2.45) is 0 Å². The van der Waals surface area contributed by atoms with Crippen molar-refractivity contribution in [2.45, 2.75) is 6.92 Å². The maximum atomic E-state index is 5.73. The summed E-state index contributed by atoms with van der Waals surface area (Å²) in [6.45, 7) is 2.61. The second kappa shape index (κ2) is 5.15. The molecule has 0 aliphatic rings. The quantitative estimate of drug-likeness (QED) is 0.811. The normalized spacial score (nSPS) is 11.5. The topological polar surface area (TPSA) is 12.0 Å². The lowest BCUT2D eigenvalue weighted by molar-refractivity contribution is 1.28. The second-order valence-electron chi connectivity index (χ2n) is 2.72. The van der Waals surface area contributed by atoms with Gasteiger partial charge in [-0.3, -0.25) is 0 Å². The molecule has 1 aromatic carbocycles. The van der Waals surface area contributed by atoms with Crippen LogP contribution in [0.2, 0.25) is 0 Å². The highest BCUT2D eigenvalue weighted by Gasteiger charge is 1.95. The van der Waals surface area contributed by atoms with Crippen molar-refractivity contribution in [2.75, 3.05) is 11.9 Å². The molecule has 0 fully saturated rings. The number of hydrogen-bond acceptors (Lipinski definition) is 1. The van der Waals surface area contributed by atoms with Crippen molar-refractivity contribution in [3.05, 3.63) is 40.4 Å². The highest BCUT2D eigenvalue weighted by Crippen LogP contribution is 2.14. The summed E-state index contributed by atoms with van der Waals surface area (Å²) in [4.78, 5) is 0. The molecule has 0 spiro atoms. The Labute approximate surface area is 88.4 Å². The van der Waals surface area contributed by atoms with Crippen LogP contribution in [0, 0.1) is 6.92 Å². The van der Waals surface area contributed by atoms with Gasteiger partial charge in [0.1, 0.15) is 0 Å². The van der Waals surface area contributed by atoms with Gasteiger partial charge in [0.2, 0.25) is 0 Å². The van der Waals surface area contributed by atoms with Crippen molar-refractivity contribution in [1.29, 1.82) is 0 Å². The van der Waals surface area contributed by atoms with Gasteiger partial charge in [-0.15, -0.1) is 0 Å². The number of halogens is 2. The van der Waals surface area contributed by atoms with Crippen molar-refractivity contribution in [1.82, 2.24) is 0 Å². The van der Waals surface area contributed by atoms with Gasteiger partial charge in [-0.2, -0.15) is 0 Å². The maximum absolute atomic E-state index is 5.73. The molecule has 0 aromatic heterocycles. The molecule has 0 saturated heterocycles. The molecule has 0 radical (unpaired) electrons. The minimum absolute atomic E-state index is 0.565. The lowest BCUT2D eigenvalue weighted by atomic mass is 10.2.